The fourth-order valence-corrected chi connectivity index (χ4v) is 3.21. The highest BCUT2D eigenvalue weighted by molar-refractivity contribution is 5.89. The lowest BCUT2D eigenvalue weighted by Crippen LogP contribution is -2.59. The van der Waals surface area contributed by atoms with Gasteiger partial charge in [-0.05, 0) is 20.8 Å². The van der Waals surface area contributed by atoms with E-state index < -0.39 is 6.04 Å². The van der Waals surface area contributed by atoms with Crippen LogP contribution in [0, 0.1) is 0 Å². The molecule has 2 aliphatic rings. The average molecular weight is 340 g/mol. The van der Waals surface area contributed by atoms with Gasteiger partial charge in [-0.1, -0.05) is 0 Å². The van der Waals surface area contributed by atoms with Crippen LogP contribution in [0.3, 0.4) is 0 Å². The fraction of sp³-hybridized carbons (Fsp3) is 0.812. The molecule has 136 valence electrons. The maximum absolute atomic E-state index is 12.6. The van der Waals surface area contributed by atoms with Gasteiger partial charge in [-0.15, -0.1) is 0 Å². The highest BCUT2D eigenvalue weighted by Crippen LogP contribution is 2.15. The summed E-state index contributed by atoms with van der Waals surface area (Å²) in [6, 6.07) is -0.191. The van der Waals surface area contributed by atoms with Gasteiger partial charge in [0, 0.05) is 45.3 Å². The molecule has 8 nitrogen and oxygen atoms in total. The quantitative estimate of drug-likeness (QED) is 0.772. The van der Waals surface area contributed by atoms with Gasteiger partial charge in [-0.2, -0.15) is 0 Å². The van der Waals surface area contributed by atoms with Crippen LogP contribution in [0.2, 0.25) is 0 Å². The molecule has 0 aromatic carbocycles. The standard InChI is InChI=1S/C16H28N4O4/c1-4-24-16(23)19-9-7-18(8-10-19)14(21)11-13-15(22)17-5-6-20(13)12(2)3/h12-13H,4-11H2,1-3H3,(H,17,22). The van der Waals surface area contributed by atoms with Gasteiger partial charge in [0.05, 0.1) is 19.1 Å². The molecule has 0 bridgehead atoms. The van der Waals surface area contributed by atoms with Crippen molar-refractivity contribution in [3.8, 4) is 0 Å². The lowest BCUT2D eigenvalue weighted by molar-refractivity contribution is -0.140. The third-order valence-corrected chi connectivity index (χ3v) is 4.56. The van der Waals surface area contributed by atoms with Crippen LogP contribution in [0.4, 0.5) is 4.79 Å². The second kappa shape index (κ2) is 8.32. The van der Waals surface area contributed by atoms with Crippen LogP contribution in [0.25, 0.3) is 0 Å². The molecule has 0 aromatic heterocycles. The van der Waals surface area contributed by atoms with Crippen LogP contribution in [0.1, 0.15) is 27.2 Å². The monoisotopic (exact) mass is 340 g/mol. The van der Waals surface area contributed by atoms with Crippen molar-refractivity contribution < 1.29 is 19.1 Å². The minimum absolute atomic E-state index is 0.0359. The van der Waals surface area contributed by atoms with Crippen LogP contribution >= 0.6 is 0 Å². The summed E-state index contributed by atoms with van der Waals surface area (Å²) in [6.07, 6.45) is -0.147. The second-order valence-corrected chi connectivity index (χ2v) is 6.41. The highest BCUT2D eigenvalue weighted by Gasteiger charge is 2.35. The van der Waals surface area contributed by atoms with E-state index in [1.54, 1.807) is 16.7 Å². The third kappa shape index (κ3) is 4.37. The molecule has 2 rings (SSSR count). The summed E-state index contributed by atoms with van der Waals surface area (Å²) >= 11 is 0. The second-order valence-electron chi connectivity index (χ2n) is 6.41. The number of hydrogen-bond donors (Lipinski definition) is 1. The molecule has 1 N–H and O–H groups in total. The molecule has 24 heavy (non-hydrogen) atoms. The Morgan fingerprint density at radius 3 is 2.38 bits per heavy atom. The summed E-state index contributed by atoms with van der Waals surface area (Å²) in [5.74, 6) is -0.111. The smallest absolute Gasteiger partial charge is 0.409 e. The van der Waals surface area contributed by atoms with Crippen molar-refractivity contribution in [2.75, 3.05) is 45.9 Å². The molecule has 1 atom stereocenters. The van der Waals surface area contributed by atoms with E-state index >= 15 is 0 Å². The van der Waals surface area contributed by atoms with Gasteiger partial charge in [0.25, 0.3) is 0 Å². The molecule has 2 fully saturated rings. The summed E-state index contributed by atoms with van der Waals surface area (Å²) in [7, 11) is 0. The van der Waals surface area contributed by atoms with E-state index in [9.17, 15) is 14.4 Å². The lowest BCUT2D eigenvalue weighted by atomic mass is 10.1. The Bertz CT molecular complexity index is 475. The van der Waals surface area contributed by atoms with Crippen LogP contribution in [0.5, 0.6) is 0 Å². The molecule has 0 spiro atoms. The normalized spacial score (nSPS) is 22.5. The van der Waals surface area contributed by atoms with E-state index in [4.69, 9.17) is 4.74 Å². The minimum Gasteiger partial charge on any atom is -0.450 e. The zero-order chi connectivity index (χ0) is 17.7. The summed E-state index contributed by atoms with van der Waals surface area (Å²) in [5.41, 5.74) is 0. The molecule has 3 amide bonds. The predicted octanol–water partition coefficient (Wildman–Crippen LogP) is -0.114. The fourth-order valence-electron chi connectivity index (χ4n) is 3.21. The Balaban J connectivity index is 1.88. The Labute approximate surface area is 143 Å². The van der Waals surface area contributed by atoms with Crippen LogP contribution < -0.4 is 5.32 Å². The molecule has 0 aliphatic carbocycles. The molecule has 2 aliphatic heterocycles. The number of ether oxygens (including phenoxy) is 1. The zero-order valence-electron chi connectivity index (χ0n) is 14.8. The van der Waals surface area contributed by atoms with Crippen LogP contribution in [-0.2, 0) is 14.3 Å². The number of nitrogens with one attached hydrogen (secondary N) is 1. The highest BCUT2D eigenvalue weighted by atomic mass is 16.6. The van der Waals surface area contributed by atoms with Gasteiger partial charge in [0.1, 0.15) is 0 Å². The Hall–Kier alpha value is -1.83. The van der Waals surface area contributed by atoms with Crippen molar-refractivity contribution in [1.82, 2.24) is 20.0 Å². The predicted molar refractivity (Wildman–Crippen MR) is 88.4 cm³/mol. The first-order valence-electron chi connectivity index (χ1n) is 8.67. The van der Waals surface area contributed by atoms with Crippen molar-refractivity contribution >= 4 is 17.9 Å². The number of nitrogens with zero attached hydrogens (tertiary/aromatic N) is 3. The number of piperazine rings is 2. The molecule has 1 unspecified atom stereocenters. The van der Waals surface area contributed by atoms with Gasteiger partial charge in [-0.3, -0.25) is 14.5 Å². The Kier molecular flexibility index (Phi) is 6.42. The van der Waals surface area contributed by atoms with Gasteiger partial charge in [0.2, 0.25) is 11.8 Å². The molecule has 2 saturated heterocycles. The lowest BCUT2D eigenvalue weighted by Gasteiger charge is -2.39. The first-order valence-corrected chi connectivity index (χ1v) is 8.67. The zero-order valence-corrected chi connectivity index (χ0v) is 14.8. The first-order chi connectivity index (χ1) is 11.4. The van der Waals surface area contributed by atoms with E-state index in [0.29, 0.717) is 39.3 Å². The molecule has 0 aromatic rings. The van der Waals surface area contributed by atoms with Crippen molar-refractivity contribution in [1.29, 1.82) is 0 Å². The summed E-state index contributed by atoms with van der Waals surface area (Å²) in [4.78, 5) is 41.8. The van der Waals surface area contributed by atoms with Crippen molar-refractivity contribution in [2.24, 2.45) is 0 Å². The molecular weight excluding hydrogens is 312 g/mol. The molecular formula is C16H28N4O4. The number of amides is 3. The number of hydrogen-bond acceptors (Lipinski definition) is 5. The molecule has 0 saturated carbocycles. The third-order valence-electron chi connectivity index (χ3n) is 4.56. The number of carbonyl (C=O) groups excluding carboxylic acids is 3. The van der Waals surface area contributed by atoms with E-state index in [2.05, 4.69) is 10.2 Å². The van der Waals surface area contributed by atoms with Crippen molar-refractivity contribution in [3.63, 3.8) is 0 Å². The van der Waals surface area contributed by atoms with E-state index in [0.717, 1.165) is 6.54 Å². The maximum atomic E-state index is 12.6. The van der Waals surface area contributed by atoms with E-state index in [-0.39, 0.29) is 30.4 Å². The summed E-state index contributed by atoms with van der Waals surface area (Å²) in [5, 5.41) is 2.84. The minimum atomic E-state index is -0.408. The van der Waals surface area contributed by atoms with E-state index in [1.165, 1.54) is 0 Å². The van der Waals surface area contributed by atoms with Crippen molar-refractivity contribution in [3.05, 3.63) is 0 Å². The SMILES string of the molecule is CCOC(=O)N1CCN(C(=O)CC2C(=O)NCCN2C(C)C)CC1. The van der Waals surface area contributed by atoms with Gasteiger partial charge in [-0.25, -0.2) is 4.79 Å². The molecule has 8 heteroatoms. The average Bonchev–Trinajstić information content (AvgIpc) is 2.56. The van der Waals surface area contributed by atoms with Gasteiger partial charge >= 0.3 is 6.09 Å². The largest absolute Gasteiger partial charge is 0.450 e. The Morgan fingerprint density at radius 1 is 1.17 bits per heavy atom. The Morgan fingerprint density at radius 2 is 1.79 bits per heavy atom. The van der Waals surface area contributed by atoms with E-state index in [1.807, 2.05) is 13.8 Å². The van der Waals surface area contributed by atoms with Gasteiger partial charge < -0.3 is 19.9 Å². The maximum Gasteiger partial charge on any atom is 0.409 e. The molecule has 0 radical (unpaired) electrons. The number of rotatable bonds is 4. The topological polar surface area (TPSA) is 82.2 Å². The van der Waals surface area contributed by atoms with Crippen LogP contribution in [0.15, 0.2) is 0 Å². The van der Waals surface area contributed by atoms with Crippen LogP contribution in [-0.4, -0.2) is 90.6 Å². The number of carbonyl (C=O) groups is 3. The van der Waals surface area contributed by atoms with Gasteiger partial charge in [0.15, 0.2) is 0 Å². The first kappa shape index (κ1) is 18.5. The van der Waals surface area contributed by atoms with Crippen molar-refractivity contribution in [2.45, 2.75) is 39.3 Å². The summed E-state index contributed by atoms with van der Waals surface area (Å²) < 4.78 is 4.98. The molecule has 2 heterocycles. The summed E-state index contributed by atoms with van der Waals surface area (Å²) in [6.45, 7) is 9.47.